The van der Waals surface area contributed by atoms with Gasteiger partial charge in [0.05, 0.1) is 7.11 Å². The first-order valence-electron chi connectivity index (χ1n) is 5.38. The van der Waals surface area contributed by atoms with Gasteiger partial charge >= 0.3 is 5.97 Å². The predicted octanol–water partition coefficient (Wildman–Crippen LogP) is 0.256. The van der Waals surface area contributed by atoms with Crippen LogP contribution in [0, 0.1) is 0 Å². The molecule has 6 nitrogen and oxygen atoms in total. The monoisotopic (exact) mass is 290 g/mol. The van der Waals surface area contributed by atoms with Crippen LogP contribution in [-0.4, -0.2) is 44.9 Å². The van der Waals surface area contributed by atoms with E-state index < -0.39 is 16.0 Å². The lowest BCUT2D eigenvalue weighted by molar-refractivity contribution is 0.0602. The molecular formula is C10H14N2O4S2. The first-order chi connectivity index (χ1) is 8.46. The lowest BCUT2D eigenvalue weighted by Crippen LogP contribution is -2.32. The zero-order valence-corrected chi connectivity index (χ0v) is 11.5. The Bertz CT molecular complexity index is 552. The summed E-state index contributed by atoms with van der Waals surface area (Å²) in [4.78, 5) is 11.6. The van der Waals surface area contributed by atoms with Crippen molar-refractivity contribution in [2.45, 2.75) is 17.4 Å². The van der Waals surface area contributed by atoms with Crippen LogP contribution >= 0.6 is 11.3 Å². The summed E-state index contributed by atoms with van der Waals surface area (Å²) in [6.45, 7) is 0.679. The van der Waals surface area contributed by atoms with Gasteiger partial charge in [-0.1, -0.05) is 0 Å². The van der Waals surface area contributed by atoms with E-state index >= 15 is 0 Å². The Morgan fingerprint density at radius 3 is 2.89 bits per heavy atom. The Morgan fingerprint density at radius 2 is 2.33 bits per heavy atom. The van der Waals surface area contributed by atoms with E-state index in [1.165, 1.54) is 17.5 Å². The van der Waals surface area contributed by atoms with Crippen molar-refractivity contribution in [1.82, 2.24) is 4.31 Å². The highest BCUT2D eigenvalue weighted by Crippen LogP contribution is 2.27. The molecule has 0 spiro atoms. The summed E-state index contributed by atoms with van der Waals surface area (Å²) >= 11 is 1.06. The Morgan fingerprint density at radius 1 is 1.61 bits per heavy atom. The number of hydrogen-bond acceptors (Lipinski definition) is 6. The molecule has 1 atom stereocenters. The number of carbonyl (C=O) groups excluding carboxylic acids is 1. The maximum Gasteiger partial charge on any atom is 0.349 e. The third-order valence-electron chi connectivity index (χ3n) is 2.81. The Hall–Kier alpha value is -0.960. The van der Waals surface area contributed by atoms with Crippen LogP contribution in [0.25, 0.3) is 0 Å². The molecule has 2 rings (SSSR count). The van der Waals surface area contributed by atoms with Gasteiger partial charge in [0, 0.05) is 19.1 Å². The number of rotatable bonds is 3. The molecule has 0 amide bonds. The summed E-state index contributed by atoms with van der Waals surface area (Å²) in [7, 11) is -2.42. The van der Waals surface area contributed by atoms with E-state index in [0.29, 0.717) is 19.5 Å². The second-order valence-corrected chi connectivity index (χ2v) is 6.84. The molecule has 0 saturated carbocycles. The molecule has 1 aliphatic heterocycles. The molecule has 100 valence electrons. The van der Waals surface area contributed by atoms with Crippen LogP contribution in [0.4, 0.5) is 0 Å². The number of sulfonamides is 1. The van der Waals surface area contributed by atoms with Gasteiger partial charge in [-0.3, -0.25) is 0 Å². The van der Waals surface area contributed by atoms with E-state index in [1.807, 2.05) is 0 Å². The average molecular weight is 290 g/mol. The van der Waals surface area contributed by atoms with Crippen molar-refractivity contribution in [2.24, 2.45) is 5.73 Å². The minimum absolute atomic E-state index is 0.00782. The van der Waals surface area contributed by atoms with Crippen LogP contribution in [0.2, 0.25) is 0 Å². The van der Waals surface area contributed by atoms with Gasteiger partial charge in [-0.25, -0.2) is 13.2 Å². The molecule has 2 N–H and O–H groups in total. The summed E-state index contributed by atoms with van der Waals surface area (Å²) in [5, 5.41) is 1.56. The van der Waals surface area contributed by atoms with Crippen LogP contribution in [0.1, 0.15) is 16.1 Å². The number of thiophene rings is 1. The van der Waals surface area contributed by atoms with Gasteiger partial charge in [-0.15, -0.1) is 11.3 Å². The summed E-state index contributed by atoms with van der Waals surface area (Å²) in [6, 6.07) is 1.29. The molecule has 0 radical (unpaired) electrons. The minimum Gasteiger partial charge on any atom is -0.465 e. The standard InChI is InChI=1S/C10H14N2O4S2/c1-16-10(13)9-8(3-5-17-9)18(14,15)12-4-2-7(11)6-12/h3,5,7H,2,4,6,11H2,1H3/t7-/m1/s1. The predicted molar refractivity (Wildman–Crippen MR) is 67.0 cm³/mol. The van der Waals surface area contributed by atoms with E-state index in [2.05, 4.69) is 4.74 Å². The summed E-state index contributed by atoms with van der Waals surface area (Å²) < 4.78 is 30.6. The van der Waals surface area contributed by atoms with Crippen LogP contribution in [-0.2, 0) is 14.8 Å². The molecule has 2 heterocycles. The molecule has 0 bridgehead atoms. The van der Waals surface area contributed by atoms with Gasteiger partial charge in [0.1, 0.15) is 9.77 Å². The van der Waals surface area contributed by atoms with E-state index in [-0.39, 0.29) is 15.8 Å². The first kappa shape index (κ1) is 13.5. The topological polar surface area (TPSA) is 89.7 Å². The molecule has 0 aliphatic carbocycles. The maximum atomic E-state index is 12.4. The highest BCUT2D eigenvalue weighted by atomic mass is 32.2. The van der Waals surface area contributed by atoms with E-state index in [4.69, 9.17) is 5.73 Å². The van der Waals surface area contributed by atoms with E-state index in [9.17, 15) is 13.2 Å². The number of nitrogens with zero attached hydrogens (tertiary/aromatic N) is 1. The van der Waals surface area contributed by atoms with Crippen LogP contribution in [0.5, 0.6) is 0 Å². The Balaban J connectivity index is 2.36. The van der Waals surface area contributed by atoms with Gasteiger partial charge in [0.2, 0.25) is 10.0 Å². The van der Waals surface area contributed by atoms with Crippen LogP contribution in [0.15, 0.2) is 16.3 Å². The largest absolute Gasteiger partial charge is 0.465 e. The smallest absolute Gasteiger partial charge is 0.349 e. The quantitative estimate of drug-likeness (QED) is 0.806. The average Bonchev–Trinajstić information content (AvgIpc) is 2.96. The molecule has 1 aromatic rings. The van der Waals surface area contributed by atoms with Gasteiger partial charge < -0.3 is 10.5 Å². The van der Waals surface area contributed by atoms with Crippen LogP contribution < -0.4 is 5.73 Å². The highest BCUT2D eigenvalue weighted by molar-refractivity contribution is 7.89. The fourth-order valence-corrected chi connectivity index (χ4v) is 4.67. The zero-order valence-electron chi connectivity index (χ0n) is 9.83. The fourth-order valence-electron chi connectivity index (χ4n) is 1.85. The molecule has 18 heavy (non-hydrogen) atoms. The van der Waals surface area contributed by atoms with Crippen molar-refractivity contribution in [3.8, 4) is 0 Å². The number of methoxy groups -OCH3 is 1. The maximum absolute atomic E-state index is 12.4. The SMILES string of the molecule is COC(=O)c1sccc1S(=O)(=O)N1CC[C@@H](N)C1. The van der Waals surface area contributed by atoms with Gasteiger partial charge in [-0.05, 0) is 17.9 Å². The summed E-state index contributed by atoms with van der Waals surface area (Å²) in [6.07, 6.45) is 0.636. The first-order valence-corrected chi connectivity index (χ1v) is 7.70. The third kappa shape index (κ3) is 2.28. The van der Waals surface area contributed by atoms with E-state index in [0.717, 1.165) is 11.3 Å². The van der Waals surface area contributed by atoms with Gasteiger partial charge in [-0.2, -0.15) is 4.31 Å². The third-order valence-corrected chi connectivity index (χ3v) is 5.74. The number of nitrogens with two attached hydrogens (primary N) is 1. The van der Waals surface area contributed by atoms with Crippen molar-refractivity contribution >= 4 is 27.3 Å². The zero-order chi connectivity index (χ0) is 13.3. The van der Waals surface area contributed by atoms with Crippen molar-refractivity contribution in [3.05, 3.63) is 16.3 Å². The van der Waals surface area contributed by atoms with Gasteiger partial charge in [0.25, 0.3) is 0 Å². The fraction of sp³-hybridized carbons (Fsp3) is 0.500. The molecule has 0 unspecified atom stereocenters. The number of esters is 1. The van der Waals surface area contributed by atoms with Crippen molar-refractivity contribution in [3.63, 3.8) is 0 Å². The highest BCUT2D eigenvalue weighted by Gasteiger charge is 2.34. The molecule has 1 saturated heterocycles. The van der Waals surface area contributed by atoms with Crippen LogP contribution in [0.3, 0.4) is 0 Å². The second-order valence-electron chi connectivity index (χ2n) is 4.02. The van der Waals surface area contributed by atoms with Crippen molar-refractivity contribution in [2.75, 3.05) is 20.2 Å². The number of ether oxygens (including phenoxy) is 1. The van der Waals surface area contributed by atoms with Crippen molar-refractivity contribution < 1.29 is 17.9 Å². The molecule has 0 aromatic carbocycles. The van der Waals surface area contributed by atoms with E-state index in [1.54, 1.807) is 5.38 Å². The lowest BCUT2D eigenvalue weighted by Gasteiger charge is -2.15. The molecular weight excluding hydrogens is 276 g/mol. The molecule has 1 aliphatic rings. The Kier molecular flexibility index (Phi) is 3.71. The normalized spacial score (nSPS) is 21.1. The Labute approximate surface area is 109 Å². The summed E-state index contributed by atoms with van der Waals surface area (Å²) in [5.74, 6) is -0.632. The summed E-state index contributed by atoms with van der Waals surface area (Å²) in [5.41, 5.74) is 5.70. The van der Waals surface area contributed by atoms with Crippen molar-refractivity contribution in [1.29, 1.82) is 0 Å². The minimum atomic E-state index is -3.65. The van der Waals surface area contributed by atoms with Gasteiger partial charge in [0.15, 0.2) is 0 Å². The lowest BCUT2D eigenvalue weighted by atomic mass is 10.3. The molecule has 1 aromatic heterocycles. The number of hydrogen-bond donors (Lipinski definition) is 1. The number of carbonyl (C=O) groups is 1. The molecule has 1 fully saturated rings. The molecule has 8 heteroatoms. The second kappa shape index (κ2) is 4.96.